The minimum Gasteiger partial charge on any atom is -0.507 e. The first-order chi connectivity index (χ1) is 13.6. The Kier molecular flexibility index (Phi) is 4.53. The second kappa shape index (κ2) is 7.16. The Morgan fingerprint density at radius 2 is 1.50 bits per heavy atom. The van der Waals surface area contributed by atoms with Crippen LogP contribution in [0.5, 0.6) is 0 Å². The SMILES string of the molecule is Cc1cccc(N2C(=O)C(=O)C(=C(O)c3ccccc3)[C@@H]2c2ccccc2)c1. The van der Waals surface area contributed by atoms with Crippen LogP contribution < -0.4 is 4.90 Å². The highest BCUT2D eigenvalue weighted by molar-refractivity contribution is 6.51. The number of aryl methyl sites for hydroxylation is 1. The van der Waals surface area contributed by atoms with Crippen molar-refractivity contribution in [3.63, 3.8) is 0 Å². The molecule has 1 aliphatic rings. The van der Waals surface area contributed by atoms with Gasteiger partial charge in [-0.1, -0.05) is 72.8 Å². The van der Waals surface area contributed by atoms with Crippen LogP contribution in [0.2, 0.25) is 0 Å². The first-order valence-corrected chi connectivity index (χ1v) is 9.06. The standard InChI is InChI=1S/C24H19NO3/c1-16-9-8-14-19(15-16)25-21(17-10-4-2-5-11-17)20(23(27)24(25)28)22(26)18-12-6-3-7-13-18/h2-15,21,26H,1H3/t21-/m0/s1. The van der Waals surface area contributed by atoms with E-state index in [1.165, 1.54) is 4.90 Å². The van der Waals surface area contributed by atoms with Crippen LogP contribution in [-0.2, 0) is 9.59 Å². The van der Waals surface area contributed by atoms with E-state index in [0.29, 0.717) is 11.3 Å². The number of aliphatic hydroxyl groups excluding tert-OH is 1. The summed E-state index contributed by atoms with van der Waals surface area (Å²) in [5, 5.41) is 10.9. The van der Waals surface area contributed by atoms with E-state index >= 15 is 0 Å². The van der Waals surface area contributed by atoms with Gasteiger partial charge >= 0.3 is 0 Å². The lowest BCUT2D eigenvalue weighted by Crippen LogP contribution is -2.29. The quantitative estimate of drug-likeness (QED) is 0.416. The highest BCUT2D eigenvalue weighted by Crippen LogP contribution is 2.42. The van der Waals surface area contributed by atoms with Gasteiger partial charge in [-0.05, 0) is 30.2 Å². The molecule has 4 heteroatoms. The molecular weight excluding hydrogens is 350 g/mol. The molecule has 1 saturated heterocycles. The van der Waals surface area contributed by atoms with Gasteiger partial charge in [0.05, 0.1) is 11.6 Å². The summed E-state index contributed by atoms with van der Waals surface area (Å²) >= 11 is 0. The number of rotatable bonds is 3. The van der Waals surface area contributed by atoms with Gasteiger partial charge in [-0.25, -0.2) is 0 Å². The van der Waals surface area contributed by atoms with Crippen LogP contribution in [0.25, 0.3) is 5.76 Å². The van der Waals surface area contributed by atoms with E-state index < -0.39 is 17.7 Å². The molecule has 0 aliphatic carbocycles. The van der Waals surface area contributed by atoms with Crippen LogP contribution in [0.15, 0.2) is 90.5 Å². The number of aliphatic hydroxyl groups is 1. The van der Waals surface area contributed by atoms with Crippen molar-refractivity contribution in [2.45, 2.75) is 13.0 Å². The minimum absolute atomic E-state index is 0.101. The molecule has 4 nitrogen and oxygen atoms in total. The highest BCUT2D eigenvalue weighted by Gasteiger charge is 2.46. The van der Waals surface area contributed by atoms with E-state index in [-0.39, 0.29) is 11.3 Å². The highest BCUT2D eigenvalue weighted by atomic mass is 16.3. The lowest BCUT2D eigenvalue weighted by atomic mass is 9.95. The van der Waals surface area contributed by atoms with Crippen molar-refractivity contribution in [1.29, 1.82) is 0 Å². The Morgan fingerprint density at radius 1 is 0.857 bits per heavy atom. The van der Waals surface area contributed by atoms with E-state index in [4.69, 9.17) is 0 Å². The molecule has 1 amide bonds. The summed E-state index contributed by atoms with van der Waals surface area (Å²) < 4.78 is 0. The average molecular weight is 369 g/mol. The minimum atomic E-state index is -0.691. The molecule has 0 aromatic heterocycles. The Balaban J connectivity index is 1.95. The van der Waals surface area contributed by atoms with Crippen molar-refractivity contribution in [3.05, 3.63) is 107 Å². The maximum absolute atomic E-state index is 13.0. The van der Waals surface area contributed by atoms with Crippen LogP contribution in [0.4, 0.5) is 5.69 Å². The Bertz CT molecular complexity index is 1070. The Morgan fingerprint density at radius 3 is 2.14 bits per heavy atom. The number of hydrogen-bond donors (Lipinski definition) is 1. The Hall–Kier alpha value is -3.66. The molecule has 1 atom stereocenters. The molecule has 0 bridgehead atoms. The lowest BCUT2D eigenvalue weighted by Gasteiger charge is -2.25. The number of carbonyl (C=O) groups is 2. The molecule has 1 fully saturated rings. The molecule has 1 N–H and O–H groups in total. The number of Topliss-reactive ketones (excluding diaryl/α,β-unsaturated/α-hetero) is 1. The lowest BCUT2D eigenvalue weighted by molar-refractivity contribution is -0.132. The first-order valence-electron chi connectivity index (χ1n) is 9.06. The number of carbonyl (C=O) groups excluding carboxylic acids is 2. The molecule has 138 valence electrons. The van der Waals surface area contributed by atoms with Gasteiger partial charge < -0.3 is 5.11 Å². The molecule has 0 radical (unpaired) electrons. The average Bonchev–Trinajstić information content (AvgIpc) is 3.00. The normalized spacial score (nSPS) is 18.5. The molecule has 28 heavy (non-hydrogen) atoms. The summed E-state index contributed by atoms with van der Waals surface area (Å²) in [7, 11) is 0. The van der Waals surface area contributed by atoms with Crippen molar-refractivity contribution < 1.29 is 14.7 Å². The van der Waals surface area contributed by atoms with E-state index in [9.17, 15) is 14.7 Å². The predicted octanol–water partition coefficient (Wildman–Crippen LogP) is 4.62. The van der Waals surface area contributed by atoms with Crippen molar-refractivity contribution in [1.82, 2.24) is 0 Å². The number of nitrogens with zero attached hydrogens (tertiary/aromatic N) is 1. The third-order valence-electron chi connectivity index (χ3n) is 4.89. The molecule has 0 saturated carbocycles. The van der Waals surface area contributed by atoms with Crippen molar-refractivity contribution >= 4 is 23.1 Å². The molecule has 3 aromatic rings. The van der Waals surface area contributed by atoms with Crippen LogP contribution in [0.1, 0.15) is 22.7 Å². The summed E-state index contributed by atoms with van der Waals surface area (Å²) in [6.07, 6.45) is 0. The zero-order chi connectivity index (χ0) is 19.7. The first kappa shape index (κ1) is 17.7. The van der Waals surface area contributed by atoms with Crippen molar-refractivity contribution in [2.24, 2.45) is 0 Å². The third kappa shape index (κ3) is 2.99. The zero-order valence-corrected chi connectivity index (χ0v) is 15.4. The number of benzene rings is 3. The summed E-state index contributed by atoms with van der Waals surface area (Å²) in [5.74, 6) is -1.49. The smallest absolute Gasteiger partial charge is 0.300 e. The molecule has 4 rings (SSSR count). The van der Waals surface area contributed by atoms with Crippen LogP contribution in [0, 0.1) is 6.92 Å². The van der Waals surface area contributed by atoms with E-state index in [1.54, 1.807) is 30.3 Å². The molecule has 1 heterocycles. The largest absolute Gasteiger partial charge is 0.507 e. The molecular formula is C24H19NO3. The summed E-state index contributed by atoms with van der Waals surface area (Å²) in [5.41, 5.74) is 2.98. The van der Waals surface area contributed by atoms with E-state index in [0.717, 1.165) is 11.1 Å². The number of anilines is 1. The Labute approximate surface area is 163 Å². The fourth-order valence-electron chi connectivity index (χ4n) is 3.58. The number of hydrogen-bond acceptors (Lipinski definition) is 3. The van der Waals surface area contributed by atoms with Gasteiger partial charge in [0.25, 0.3) is 11.7 Å². The van der Waals surface area contributed by atoms with Crippen LogP contribution >= 0.6 is 0 Å². The van der Waals surface area contributed by atoms with Crippen molar-refractivity contribution in [3.8, 4) is 0 Å². The summed E-state index contributed by atoms with van der Waals surface area (Å²) in [4.78, 5) is 27.4. The molecule has 0 unspecified atom stereocenters. The van der Waals surface area contributed by atoms with Gasteiger partial charge in [0.15, 0.2) is 0 Å². The topological polar surface area (TPSA) is 57.6 Å². The van der Waals surface area contributed by atoms with Gasteiger partial charge in [-0.2, -0.15) is 0 Å². The van der Waals surface area contributed by atoms with Crippen molar-refractivity contribution in [2.75, 3.05) is 4.90 Å². The van der Waals surface area contributed by atoms with Gasteiger partial charge in [0.2, 0.25) is 0 Å². The summed E-state index contributed by atoms with van der Waals surface area (Å²) in [6.45, 7) is 1.93. The summed E-state index contributed by atoms with van der Waals surface area (Å²) in [6, 6.07) is 24.9. The maximum Gasteiger partial charge on any atom is 0.300 e. The fourth-order valence-corrected chi connectivity index (χ4v) is 3.58. The maximum atomic E-state index is 13.0. The van der Waals surface area contributed by atoms with Crippen LogP contribution in [-0.4, -0.2) is 16.8 Å². The van der Waals surface area contributed by atoms with E-state index in [2.05, 4.69) is 0 Å². The van der Waals surface area contributed by atoms with Gasteiger partial charge in [0, 0.05) is 11.3 Å². The third-order valence-corrected chi connectivity index (χ3v) is 4.89. The second-order valence-corrected chi connectivity index (χ2v) is 6.78. The fraction of sp³-hybridized carbons (Fsp3) is 0.0833. The van der Waals surface area contributed by atoms with Gasteiger partial charge in [-0.3, -0.25) is 14.5 Å². The zero-order valence-electron chi connectivity index (χ0n) is 15.4. The predicted molar refractivity (Wildman–Crippen MR) is 109 cm³/mol. The molecule has 3 aromatic carbocycles. The second-order valence-electron chi connectivity index (χ2n) is 6.78. The van der Waals surface area contributed by atoms with Crippen LogP contribution in [0.3, 0.4) is 0 Å². The monoisotopic (exact) mass is 369 g/mol. The van der Waals surface area contributed by atoms with E-state index in [1.807, 2.05) is 61.5 Å². The molecule has 0 spiro atoms. The molecule has 1 aliphatic heterocycles. The number of ketones is 1. The number of amides is 1. The van der Waals surface area contributed by atoms with Gasteiger partial charge in [0.1, 0.15) is 5.76 Å². The van der Waals surface area contributed by atoms with Gasteiger partial charge in [-0.15, -0.1) is 0 Å².